The second kappa shape index (κ2) is 9.81. The monoisotopic (exact) mass is 466 g/mol. The number of carbonyl (C=O) groups is 2. The average Bonchev–Trinajstić information content (AvgIpc) is 3.26. The molecule has 6 nitrogen and oxygen atoms in total. The average molecular weight is 467 g/mol. The van der Waals surface area contributed by atoms with E-state index in [-0.39, 0.29) is 11.8 Å². The number of carbonyl (C=O) groups excluding carboxylic acids is 2. The minimum Gasteiger partial charge on any atom is -0.354 e. The Morgan fingerprint density at radius 3 is 2.53 bits per heavy atom. The van der Waals surface area contributed by atoms with Crippen molar-refractivity contribution >= 4 is 56.6 Å². The predicted octanol–water partition coefficient (Wildman–Crippen LogP) is 4.85. The van der Waals surface area contributed by atoms with E-state index in [9.17, 15) is 9.59 Å². The number of thiophene rings is 1. The number of nitrogens with one attached hydrogen (secondary N) is 2. The number of hydrogen-bond acceptors (Lipinski definition) is 4. The second-order valence-corrected chi connectivity index (χ2v) is 9.19. The van der Waals surface area contributed by atoms with Gasteiger partial charge in [-0.25, -0.2) is 4.68 Å². The molecule has 2 N–H and O–H groups in total. The van der Waals surface area contributed by atoms with Gasteiger partial charge >= 0.3 is 0 Å². The molecule has 0 aliphatic rings. The van der Waals surface area contributed by atoms with Crippen LogP contribution in [-0.4, -0.2) is 34.7 Å². The quantitative estimate of drug-likeness (QED) is 0.465. The summed E-state index contributed by atoms with van der Waals surface area (Å²) in [5.41, 5.74) is 1.70. The Hall–Kier alpha value is -2.09. The van der Waals surface area contributed by atoms with Crippen LogP contribution in [0.1, 0.15) is 42.6 Å². The Labute approximate surface area is 189 Å². The molecular weight excluding hydrogens is 443 g/mol. The van der Waals surface area contributed by atoms with E-state index in [0.29, 0.717) is 40.4 Å². The van der Waals surface area contributed by atoms with Gasteiger partial charge in [0.05, 0.1) is 26.3 Å². The van der Waals surface area contributed by atoms with Crippen LogP contribution in [0.2, 0.25) is 10.0 Å². The summed E-state index contributed by atoms with van der Waals surface area (Å²) in [5, 5.41) is 12.2. The first-order valence-electron chi connectivity index (χ1n) is 9.81. The van der Waals surface area contributed by atoms with Gasteiger partial charge in [0.15, 0.2) is 0 Å². The molecule has 0 saturated heterocycles. The molecular formula is C21H24Cl2N4O2S. The molecule has 0 spiro atoms. The summed E-state index contributed by atoms with van der Waals surface area (Å²) >= 11 is 13.6. The number of benzene rings is 1. The molecule has 30 heavy (non-hydrogen) atoms. The van der Waals surface area contributed by atoms with E-state index >= 15 is 0 Å². The number of halogens is 2. The molecule has 3 aromatic rings. The fourth-order valence-electron chi connectivity index (χ4n) is 3.04. The van der Waals surface area contributed by atoms with Crippen LogP contribution in [0, 0.1) is 5.92 Å². The van der Waals surface area contributed by atoms with Crippen LogP contribution in [0.5, 0.6) is 0 Å². The molecule has 1 aromatic carbocycles. The van der Waals surface area contributed by atoms with Gasteiger partial charge in [-0.2, -0.15) is 5.10 Å². The highest BCUT2D eigenvalue weighted by Gasteiger charge is 2.18. The van der Waals surface area contributed by atoms with Gasteiger partial charge in [0.25, 0.3) is 5.91 Å². The number of fused-ring (bicyclic) bond motifs is 1. The third-order valence-electron chi connectivity index (χ3n) is 4.47. The third kappa shape index (κ3) is 5.14. The third-order valence-corrected chi connectivity index (χ3v) is 6.32. The molecule has 2 aromatic heterocycles. The zero-order chi connectivity index (χ0) is 21.8. The first-order valence-corrected chi connectivity index (χ1v) is 11.4. The van der Waals surface area contributed by atoms with Crippen molar-refractivity contribution in [3.63, 3.8) is 0 Å². The van der Waals surface area contributed by atoms with E-state index in [2.05, 4.69) is 15.7 Å². The maximum Gasteiger partial charge on any atom is 0.261 e. The van der Waals surface area contributed by atoms with Gasteiger partial charge in [0.2, 0.25) is 5.91 Å². The van der Waals surface area contributed by atoms with Crippen LogP contribution in [-0.2, 0) is 11.2 Å². The highest BCUT2D eigenvalue weighted by atomic mass is 35.5. The Bertz CT molecular complexity index is 1070. The lowest BCUT2D eigenvalue weighted by Crippen LogP contribution is -2.34. The fourth-order valence-corrected chi connectivity index (χ4v) is 4.40. The zero-order valence-corrected chi connectivity index (χ0v) is 19.4. The normalized spacial score (nSPS) is 11.3. The van der Waals surface area contributed by atoms with Gasteiger partial charge in [-0.3, -0.25) is 9.59 Å². The lowest BCUT2D eigenvalue weighted by Gasteiger charge is -2.08. The van der Waals surface area contributed by atoms with Gasteiger partial charge in [-0.1, -0.05) is 44.0 Å². The van der Waals surface area contributed by atoms with E-state index < -0.39 is 0 Å². The highest BCUT2D eigenvalue weighted by molar-refractivity contribution is 7.20. The lowest BCUT2D eigenvalue weighted by molar-refractivity contribution is -0.121. The molecule has 2 heterocycles. The second-order valence-electron chi connectivity index (χ2n) is 7.34. The summed E-state index contributed by atoms with van der Waals surface area (Å²) in [6.45, 7) is 6.78. The molecule has 0 aliphatic carbocycles. The van der Waals surface area contributed by atoms with Crippen molar-refractivity contribution in [2.75, 3.05) is 13.1 Å². The molecule has 0 saturated carbocycles. The van der Waals surface area contributed by atoms with E-state index in [1.807, 2.05) is 32.9 Å². The maximum absolute atomic E-state index is 12.6. The molecule has 0 fully saturated rings. The topological polar surface area (TPSA) is 76.0 Å². The number of amides is 2. The summed E-state index contributed by atoms with van der Waals surface area (Å²) in [6.07, 6.45) is 1.22. The minimum absolute atomic E-state index is 0.00425. The number of aryl methyl sites for hydroxylation is 1. The summed E-state index contributed by atoms with van der Waals surface area (Å²) in [5.74, 6) is 0.133. The molecule has 2 amide bonds. The molecule has 9 heteroatoms. The first-order chi connectivity index (χ1) is 14.3. The summed E-state index contributed by atoms with van der Waals surface area (Å²) in [7, 11) is 0. The molecule has 0 radical (unpaired) electrons. The van der Waals surface area contributed by atoms with Crippen molar-refractivity contribution in [1.82, 2.24) is 20.4 Å². The van der Waals surface area contributed by atoms with Crippen LogP contribution in [0.25, 0.3) is 15.9 Å². The zero-order valence-electron chi connectivity index (χ0n) is 17.1. The first kappa shape index (κ1) is 22.6. The van der Waals surface area contributed by atoms with Crippen molar-refractivity contribution in [1.29, 1.82) is 0 Å². The molecule has 0 aliphatic heterocycles. The lowest BCUT2D eigenvalue weighted by atomic mass is 10.1. The van der Waals surface area contributed by atoms with Crippen LogP contribution in [0.3, 0.4) is 0 Å². The van der Waals surface area contributed by atoms with Crippen LogP contribution in [0.4, 0.5) is 0 Å². The molecule has 0 unspecified atom stereocenters. The number of hydrogen-bond donors (Lipinski definition) is 2. The molecule has 160 valence electrons. The Kier molecular flexibility index (Phi) is 7.39. The number of aromatic nitrogens is 2. The Balaban J connectivity index is 1.74. The summed E-state index contributed by atoms with van der Waals surface area (Å²) in [4.78, 5) is 25.8. The van der Waals surface area contributed by atoms with Gasteiger partial charge in [-0.05, 0) is 36.6 Å². The molecule has 0 atom stereocenters. The predicted molar refractivity (Wildman–Crippen MR) is 123 cm³/mol. The minimum atomic E-state index is -0.169. The van der Waals surface area contributed by atoms with Crippen molar-refractivity contribution in [2.45, 2.75) is 33.6 Å². The molecule has 3 rings (SSSR count). The van der Waals surface area contributed by atoms with E-state index in [1.165, 1.54) is 11.3 Å². The Morgan fingerprint density at radius 1 is 1.13 bits per heavy atom. The smallest absolute Gasteiger partial charge is 0.261 e. The van der Waals surface area contributed by atoms with E-state index in [4.69, 9.17) is 23.2 Å². The Morgan fingerprint density at radius 2 is 1.87 bits per heavy atom. The van der Waals surface area contributed by atoms with Crippen molar-refractivity contribution < 1.29 is 9.59 Å². The summed E-state index contributed by atoms with van der Waals surface area (Å²) < 4.78 is 1.80. The van der Waals surface area contributed by atoms with Gasteiger partial charge in [0, 0.05) is 24.9 Å². The van der Waals surface area contributed by atoms with Crippen LogP contribution in [0.15, 0.2) is 24.3 Å². The van der Waals surface area contributed by atoms with Gasteiger partial charge in [-0.15, -0.1) is 11.3 Å². The van der Waals surface area contributed by atoms with Gasteiger partial charge in [0.1, 0.15) is 4.83 Å². The van der Waals surface area contributed by atoms with Gasteiger partial charge < -0.3 is 10.6 Å². The SMILES string of the molecule is CCc1nn(-c2ccc(Cl)c(Cl)c2)c2sc(C(=O)NCCNC(=O)CC(C)C)cc12. The van der Waals surface area contributed by atoms with Crippen molar-refractivity contribution in [3.05, 3.63) is 44.9 Å². The van der Waals surface area contributed by atoms with Crippen molar-refractivity contribution in [2.24, 2.45) is 5.92 Å². The van der Waals surface area contributed by atoms with Crippen molar-refractivity contribution in [3.8, 4) is 5.69 Å². The highest BCUT2D eigenvalue weighted by Crippen LogP contribution is 2.32. The number of rotatable bonds is 8. The maximum atomic E-state index is 12.6. The molecule has 0 bridgehead atoms. The standard InChI is InChI=1S/C21H24Cl2N4O2S/c1-4-17-14-11-18(20(29)25-8-7-24-19(28)9-12(2)3)30-21(14)27(26-17)13-5-6-15(22)16(23)10-13/h5-6,10-12H,4,7-9H2,1-3H3,(H,24,28)(H,25,29). The van der Waals surface area contributed by atoms with Crippen LogP contribution >= 0.6 is 34.5 Å². The van der Waals surface area contributed by atoms with E-state index in [1.54, 1.807) is 16.8 Å². The fraction of sp³-hybridized carbons (Fsp3) is 0.381. The van der Waals surface area contributed by atoms with E-state index in [0.717, 1.165) is 28.0 Å². The van der Waals surface area contributed by atoms with Crippen LogP contribution < -0.4 is 10.6 Å². The summed E-state index contributed by atoms with van der Waals surface area (Å²) in [6, 6.07) is 7.20. The number of nitrogens with zero attached hydrogens (tertiary/aromatic N) is 2. The largest absolute Gasteiger partial charge is 0.354 e.